The van der Waals surface area contributed by atoms with Gasteiger partial charge in [-0.2, -0.15) is 0 Å². The van der Waals surface area contributed by atoms with Crippen molar-refractivity contribution in [2.24, 2.45) is 5.73 Å². The molecule has 17 heavy (non-hydrogen) atoms. The number of carbonyl (C=O) groups is 1. The Balaban J connectivity index is 3.51. The van der Waals surface area contributed by atoms with Gasteiger partial charge in [-0.15, -0.1) is 0 Å². The van der Waals surface area contributed by atoms with E-state index in [1.807, 2.05) is 0 Å². The van der Waals surface area contributed by atoms with E-state index in [9.17, 15) is 4.79 Å². The van der Waals surface area contributed by atoms with Gasteiger partial charge in [-0.1, -0.05) is 58.8 Å². The average molecular weight is 243 g/mol. The Hall–Kier alpha value is -0.570. The quantitative estimate of drug-likeness (QED) is 0.534. The molecule has 0 aliphatic heterocycles. The van der Waals surface area contributed by atoms with Gasteiger partial charge in [0.25, 0.3) is 0 Å². The van der Waals surface area contributed by atoms with Gasteiger partial charge in [0.05, 0.1) is 6.10 Å². The minimum atomic E-state index is -0.367. The third-order valence-electron chi connectivity index (χ3n) is 2.95. The Morgan fingerprint density at radius 3 is 2.24 bits per heavy atom. The monoisotopic (exact) mass is 243 g/mol. The summed E-state index contributed by atoms with van der Waals surface area (Å²) < 4.78 is 5.50. The number of unbranched alkanes of at least 4 members (excludes halogenated alkanes) is 5. The van der Waals surface area contributed by atoms with Gasteiger partial charge >= 0.3 is 0 Å². The Morgan fingerprint density at radius 1 is 1.00 bits per heavy atom. The molecule has 1 atom stereocenters. The van der Waals surface area contributed by atoms with E-state index in [4.69, 9.17) is 10.5 Å². The molecule has 0 fully saturated rings. The first-order valence-corrected chi connectivity index (χ1v) is 7.10. The molecule has 0 aliphatic carbocycles. The van der Waals surface area contributed by atoms with Crippen molar-refractivity contribution < 1.29 is 9.53 Å². The molecule has 0 aromatic rings. The fourth-order valence-corrected chi connectivity index (χ4v) is 1.99. The second-order valence-electron chi connectivity index (χ2n) is 4.74. The summed E-state index contributed by atoms with van der Waals surface area (Å²) in [5.74, 6) is -0.367. The van der Waals surface area contributed by atoms with Crippen LogP contribution in [-0.4, -0.2) is 18.6 Å². The van der Waals surface area contributed by atoms with Crippen LogP contribution in [0, 0.1) is 0 Å². The Labute approximate surface area is 106 Å². The molecule has 0 aliphatic rings. The van der Waals surface area contributed by atoms with Crippen molar-refractivity contribution in [1.82, 2.24) is 0 Å². The molecule has 0 heterocycles. The lowest BCUT2D eigenvalue weighted by atomic mass is 10.0. The molecule has 0 saturated carbocycles. The van der Waals surface area contributed by atoms with Crippen molar-refractivity contribution in [3.8, 4) is 0 Å². The van der Waals surface area contributed by atoms with E-state index in [1.165, 1.54) is 38.5 Å². The summed E-state index contributed by atoms with van der Waals surface area (Å²) in [5, 5.41) is 0. The number of nitrogens with two attached hydrogens (primary N) is 1. The van der Waals surface area contributed by atoms with Crippen LogP contribution in [0.5, 0.6) is 0 Å². The first-order valence-electron chi connectivity index (χ1n) is 7.10. The van der Waals surface area contributed by atoms with Gasteiger partial charge in [0.15, 0.2) is 0 Å². The molecule has 0 rings (SSSR count). The molecule has 0 bridgehead atoms. The van der Waals surface area contributed by atoms with Crippen LogP contribution in [0.4, 0.5) is 0 Å². The third kappa shape index (κ3) is 11.7. The molecule has 3 heteroatoms. The zero-order valence-corrected chi connectivity index (χ0v) is 11.5. The first-order chi connectivity index (χ1) is 8.20. The zero-order chi connectivity index (χ0) is 12.9. The highest BCUT2D eigenvalue weighted by molar-refractivity contribution is 5.74. The lowest BCUT2D eigenvalue weighted by Crippen LogP contribution is -2.23. The van der Waals surface area contributed by atoms with Crippen molar-refractivity contribution in [1.29, 1.82) is 0 Å². The predicted octanol–water partition coefficient (Wildman–Crippen LogP) is 3.41. The van der Waals surface area contributed by atoms with Crippen LogP contribution in [0.2, 0.25) is 0 Å². The maximum atomic E-state index is 10.7. The van der Waals surface area contributed by atoms with Crippen LogP contribution in [-0.2, 0) is 9.53 Å². The fourth-order valence-electron chi connectivity index (χ4n) is 1.99. The van der Waals surface area contributed by atoms with E-state index in [1.54, 1.807) is 0 Å². The second-order valence-corrected chi connectivity index (χ2v) is 4.74. The van der Waals surface area contributed by atoms with Crippen molar-refractivity contribution in [3.63, 3.8) is 0 Å². The van der Waals surface area contributed by atoms with Crippen LogP contribution in [0.1, 0.15) is 71.6 Å². The van der Waals surface area contributed by atoms with Crippen molar-refractivity contribution >= 4 is 5.91 Å². The number of hydrogen-bond donors (Lipinski definition) is 1. The largest absolute Gasteiger partial charge is 0.368 e. The summed E-state index contributed by atoms with van der Waals surface area (Å²) in [7, 11) is 0. The van der Waals surface area contributed by atoms with Crippen LogP contribution < -0.4 is 5.73 Å². The second kappa shape index (κ2) is 11.9. The molecule has 1 unspecified atom stereocenters. The van der Waals surface area contributed by atoms with E-state index in [2.05, 4.69) is 13.8 Å². The summed E-state index contributed by atoms with van der Waals surface area (Å²) in [4.78, 5) is 10.7. The lowest BCUT2D eigenvalue weighted by Gasteiger charge is -2.16. The maximum absolute atomic E-state index is 10.7. The van der Waals surface area contributed by atoms with Crippen molar-refractivity contribution in [3.05, 3.63) is 0 Å². The topological polar surface area (TPSA) is 52.3 Å². The van der Waals surface area contributed by atoms with Gasteiger partial charge in [0.1, 0.15) is 6.61 Å². The number of amides is 1. The Morgan fingerprint density at radius 2 is 1.65 bits per heavy atom. The minimum absolute atomic E-state index is 0.0699. The van der Waals surface area contributed by atoms with Gasteiger partial charge in [0.2, 0.25) is 5.91 Å². The smallest absolute Gasteiger partial charge is 0.243 e. The highest BCUT2D eigenvalue weighted by Crippen LogP contribution is 2.13. The number of rotatable bonds is 12. The SMILES string of the molecule is CCCCCCCCC(CCC)OCC(N)=O. The molecule has 102 valence electrons. The van der Waals surface area contributed by atoms with Gasteiger partial charge in [-0.05, 0) is 12.8 Å². The molecule has 0 radical (unpaired) electrons. The summed E-state index contributed by atoms with van der Waals surface area (Å²) >= 11 is 0. The summed E-state index contributed by atoms with van der Waals surface area (Å²) in [6, 6.07) is 0. The molecule has 3 nitrogen and oxygen atoms in total. The molecule has 2 N–H and O–H groups in total. The third-order valence-corrected chi connectivity index (χ3v) is 2.95. The summed E-state index contributed by atoms with van der Waals surface area (Å²) in [5.41, 5.74) is 5.08. The van der Waals surface area contributed by atoms with E-state index < -0.39 is 0 Å². The zero-order valence-electron chi connectivity index (χ0n) is 11.5. The maximum Gasteiger partial charge on any atom is 0.243 e. The molecule has 1 amide bonds. The Kier molecular flexibility index (Phi) is 11.5. The fraction of sp³-hybridized carbons (Fsp3) is 0.929. The average Bonchev–Trinajstić information content (AvgIpc) is 2.30. The number of hydrogen-bond acceptors (Lipinski definition) is 2. The van der Waals surface area contributed by atoms with Gasteiger partial charge in [-0.3, -0.25) is 4.79 Å². The number of carbonyl (C=O) groups excluding carboxylic acids is 1. The summed E-state index contributed by atoms with van der Waals surface area (Å²) in [6.45, 7) is 4.44. The number of ether oxygens (including phenoxy) is 1. The van der Waals surface area contributed by atoms with Crippen LogP contribution in [0.3, 0.4) is 0 Å². The van der Waals surface area contributed by atoms with E-state index >= 15 is 0 Å². The molecule has 0 aromatic heterocycles. The predicted molar refractivity (Wildman–Crippen MR) is 71.8 cm³/mol. The Bertz CT molecular complexity index is 183. The van der Waals surface area contributed by atoms with Crippen LogP contribution >= 0.6 is 0 Å². The van der Waals surface area contributed by atoms with Crippen LogP contribution in [0.15, 0.2) is 0 Å². The normalized spacial score (nSPS) is 12.6. The molecule has 0 spiro atoms. The first kappa shape index (κ1) is 16.4. The van der Waals surface area contributed by atoms with Gasteiger partial charge < -0.3 is 10.5 Å². The van der Waals surface area contributed by atoms with Gasteiger partial charge in [0, 0.05) is 0 Å². The standard InChI is InChI=1S/C14H29NO2/c1-3-5-6-7-8-9-11-13(10-4-2)17-12-14(15)16/h13H,3-12H2,1-2H3,(H2,15,16). The summed E-state index contributed by atoms with van der Waals surface area (Å²) in [6.07, 6.45) is 11.2. The van der Waals surface area contributed by atoms with E-state index in [0.29, 0.717) is 0 Å². The van der Waals surface area contributed by atoms with Crippen molar-refractivity contribution in [2.75, 3.05) is 6.61 Å². The molecule has 0 aromatic carbocycles. The number of primary amides is 1. The highest BCUT2D eigenvalue weighted by Gasteiger charge is 2.09. The lowest BCUT2D eigenvalue weighted by molar-refractivity contribution is -0.124. The highest BCUT2D eigenvalue weighted by atomic mass is 16.5. The van der Waals surface area contributed by atoms with Crippen LogP contribution in [0.25, 0.3) is 0 Å². The van der Waals surface area contributed by atoms with Crippen molar-refractivity contribution in [2.45, 2.75) is 77.7 Å². The van der Waals surface area contributed by atoms with E-state index in [0.717, 1.165) is 19.3 Å². The molecular weight excluding hydrogens is 214 g/mol. The molecular formula is C14H29NO2. The molecule has 0 saturated heterocycles. The van der Waals surface area contributed by atoms with Gasteiger partial charge in [-0.25, -0.2) is 0 Å². The van der Waals surface area contributed by atoms with E-state index in [-0.39, 0.29) is 18.6 Å². The minimum Gasteiger partial charge on any atom is -0.368 e.